The first-order valence-corrected chi connectivity index (χ1v) is 12.1. The molecule has 1 N–H and O–H groups in total. The van der Waals surface area contributed by atoms with Gasteiger partial charge in [0.15, 0.2) is 0 Å². The van der Waals surface area contributed by atoms with E-state index in [-0.39, 0.29) is 30.0 Å². The van der Waals surface area contributed by atoms with Crippen molar-refractivity contribution < 1.29 is 23.8 Å². The summed E-state index contributed by atoms with van der Waals surface area (Å²) in [5.74, 6) is -0.657. The van der Waals surface area contributed by atoms with Crippen LogP contribution < -0.4 is 5.56 Å². The van der Waals surface area contributed by atoms with E-state index < -0.39 is 35.2 Å². The minimum absolute atomic E-state index is 0.0971. The van der Waals surface area contributed by atoms with Crippen LogP contribution in [0.25, 0.3) is 10.9 Å². The van der Waals surface area contributed by atoms with E-state index in [0.717, 1.165) is 5.56 Å². The number of aliphatic hydroxyl groups is 1. The Morgan fingerprint density at radius 1 is 1.19 bits per heavy atom. The van der Waals surface area contributed by atoms with Gasteiger partial charge in [0.1, 0.15) is 16.8 Å². The number of hydrogen-bond donors (Lipinski definition) is 1. The Morgan fingerprint density at radius 3 is 2.67 bits per heavy atom. The molecule has 0 radical (unpaired) electrons. The van der Waals surface area contributed by atoms with E-state index in [0.29, 0.717) is 19.6 Å². The van der Waals surface area contributed by atoms with Gasteiger partial charge in [0, 0.05) is 6.54 Å². The number of halogens is 1. The summed E-state index contributed by atoms with van der Waals surface area (Å²) in [4.78, 5) is 31.5. The highest BCUT2D eigenvalue weighted by Gasteiger charge is 2.40. The molecule has 8 nitrogen and oxygen atoms in total. The van der Waals surface area contributed by atoms with Crippen molar-refractivity contribution in [1.82, 2.24) is 14.5 Å². The van der Waals surface area contributed by atoms with Gasteiger partial charge in [0.2, 0.25) is 0 Å². The average Bonchev–Trinajstić information content (AvgIpc) is 3.21. The Morgan fingerprint density at radius 2 is 1.94 bits per heavy atom. The van der Waals surface area contributed by atoms with Crippen LogP contribution in [0.5, 0.6) is 0 Å². The van der Waals surface area contributed by atoms with Crippen LogP contribution in [0.15, 0.2) is 59.7 Å². The zero-order valence-electron chi connectivity index (χ0n) is 20.8. The zero-order chi connectivity index (χ0) is 25.9. The third kappa shape index (κ3) is 6.09. The first-order chi connectivity index (χ1) is 17.1. The van der Waals surface area contributed by atoms with Gasteiger partial charge >= 0.3 is 6.09 Å². The fraction of sp³-hybridized carbons (Fsp3) is 0.444. The van der Waals surface area contributed by atoms with Crippen molar-refractivity contribution in [3.05, 3.63) is 76.6 Å². The molecule has 36 heavy (non-hydrogen) atoms. The quantitative estimate of drug-likeness (QED) is 0.533. The second-order valence-electron chi connectivity index (χ2n) is 10.1. The third-order valence-corrected chi connectivity index (χ3v) is 6.14. The van der Waals surface area contributed by atoms with Crippen LogP contribution in [-0.2, 0) is 22.6 Å². The first kappa shape index (κ1) is 25.8. The lowest BCUT2D eigenvalue weighted by molar-refractivity contribution is -0.0176. The Hall–Kier alpha value is -3.30. The van der Waals surface area contributed by atoms with Crippen LogP contribution in [-0.4, -0.2) is 56.0 Å². The van der Waals surface area contributed by atoms with Gasteiger partial charge in [-0.15, -0.1) is 0 Å². The predicted molar refractivity (Wildman–Crippen MR) is 133 cm³/mol. The number of aliphatic hydroxyl groups excluding tert-OH is 1. The molecule has 3 atom stereocenters. The number of carbonyl (C=O) groups is 1. The molecule has 3 unspecified atom stereocenters. The van der Waals surface area contributed by atoms with Gasteiger partial charge in [0.05, 0.1) is 43.2 Å². The van der Waals surface area contributed by atoms with E-state index >= 15 is 0 Å². The topological polar surface area (TPSA) is 93.9 Å². The predicted octanol–water partition coefficient (Wildman–Crippen LogP) is 3.88. The second-order valence-corrected chi connectivity index (χ2v) is 10.1. The number of amides is 1. The van der Waals surface area contributed by atoms with Crippen LogP contribution >= 0.6 is 0 Å². The number of nitrogens with zero attached hydrogens (tertiary/aromatic N) is 3. The maximum absolute atomic E-state index is 14.3. The van der Waals surface area contributed by atoms with Crippen LogP contribution in [0.2, 0.25) is 0 Å². The number of fused-ring (bicyclic) bond motifs is 1. The van der Waals surface area contributed by atoms with E-state index in [1.165, 1.54) is 23.0 Å². The Balaban J connectivity index is 1.51. The molecule has 2 heterocycles. The summed E-state index contributed by atoms with van der Waals surface area (Å²) < 4.78 is 27.2. The average molecular weight is 498 g/mol. The minimum atomic E-state index is -1.01. The van der Waals surface area contributed by atoms with Crippen molar-refractivity contribution >= 4 is 17.0 Å². The van der Waals surface area contributed by atoms with Crippen molar-refractivity contribution in [2.75, 3.05) is 6.54 Å². The molecule has 1 saturated heterocycles. The van der Waals surface area contributed by atoms with Crippen molar-refractivity contribution in [3.8, 4) is 0 Å². The fourth-order valence-electron chi connectivity index (χ4n) is 4.49. The number of rotatable bonds is 7. The van der Waals surface area contributed by atoms with Crippen molar-refractivity contribution in [2.24, 2.45) is 0 Å². The van der Waals surface area contributed by atoms with Gasteiger partial charge in [-0.2, -0.15) is 0 Å². The number of carbonyl (C=O) groups excluding carboxylic acids is 1. The second kappa shape index (κ2) is 10.8. The summed E-state index contributed by atoms with van der Waals surface area (Å²) in [6.07, 6.45) is 0.238. The maximum atomic E-state index is 14.3. The number of ether oxygens (including phenoxy) is 2. The smallest absolute Gasteiger partial charge is 0.410 e. The van der Waals surface area contributed by atoms with Gasteiger partial charge in [-0.05, 0) is 51.3 Å². The lowest BCUT2D eigenvalue weighted by Gasteiger charge is -2.32. The Labute approximate surface area is 209 Å². The molecule has 192 valence electrons. The van der Waals surface area contributed by atoms with Crippen LogP contribution in [0.1, 0.15) is 39.2 Å². The Kier molecular flexibility index (Phi) is 7.70. The highest BCUT2D eigenvalue weighted by Crippen LogP contribution is 2.28. The summed E-state index contributed by atoms with van der Waals surface area (Å²) in [6.45, 7) is 6.09. The number of likely N-dealkylation sites (tertiary alicyclic amines) is 1. The summed E-state index contributed by atoms with van der Waals surface area (Å²) in [5, 5.41) is 10.8. The summed E-state index contributed by atoms with van der Waals surface area (Å²) in [6, 6.07) is 13.5. The molecule has 0 aliphatic carbocycles. The van der Waals surface area contributed by atoms with Crippen molar-refractivity contribution in [3.63, 3.8) is 0 Å². The van der Waals surface area contributed by atoms with Crippen molar-refractivity contribution in [1.29, 1.82) is 0 Å². The van der Waals surface area contributed by atoms with Crippen LogP contribution in [0, 0.1) is 5.82 Å². The van der Waals surface area contributed by atoms with Gasteiger partial charge in [-0.3, -0.25) is 9.36 Å². The molecular weight excluding hydrogens is 465 g/mol. The van der Waals surface area contributed by atoms with E-state index in [4.69, 9.17) is 9.47 Å². The van der Waals surface area contributed by atoms with Crippen LogP contribution in [0.3, 0.4) is 0 Å². The SMILES string of the molecule is CC(C)(C)OC(=O)N1CCC(OCc2ccccc2)C1CC(O)Cn1cnc2cccc(F)c2c1=O. The lowest BCUT2D eigenvalue weighted by atomic mass is 10.0. The van der Waals surface area contributed by atoms with Gasteiger partial charge in [-0.25, -0.2) is 14.2 Å². The molecule has 4 rings (SSSR count). The molecular formula is C27H32FN3O5. The molecule has 2 aromatic carbocycles. The largest absolute Gasteiger partial charge is 0.444 e. The maximum Gasteiger partial charge on any atom is 0.410 e. The van der Waals surface area contributed by atoms with Gasteiger partial charge < -0.3 is 19.5 Å². The van der Waals surface area contributed by atoms with Crippen molar-refractivity contribution in [2.45, 2.75) is 70.6 Å². The summed E-state index contributed by atoms with van der Waals surface area (Å²) >= 11 is 0. The standard InChI is InChI=1S/C27H32FN3O5/c1-27(2,3)36-26(34)31-13-12-23(35-16-18-8-5-4-6-9-18)22(31)14-19(32)15-30-17-29-21-11-7-10-20(28)24(21)25(30)33/h4-11,17,19,22-23,32H,12-16H2,1-3H3. The van der Waals surface area contributed by atoms with E-state index in [1.54, 1.807) is 31.7 Å². The number of aromatic nitrogens is 2. The molecule has 9 heteroatoms. The Bertz CT molecular complexity index is 1260. The molecule has 1 fully saturated rings. The minimum Gasteiger partial charge on any atom is -0.444 e. The molecule has 0 spiro atoms. The molecule has 0 bridgehead atoms. The first-order valence-electron chi connectivity index (χ1n) is 12.1. The fourth-order valence-corrected chi connectivity index (χ4v) is 4.49. The van der Waals surface area contributed by atoms with E-state index in [2.05, 4.69) is 4.98 Å². The van der Waals surface area contributed by atoms with Crippen LogP contribution in [0.4, 0.5) is 9.18 Å². The molecule has 1 aliphatic rings. The molecule has 3 aromatic rings. The highest BCUT2D eigenvalue weighted by molar-refractivity contribution is 5.77. The normalized spacial score (nSPS) is 19.0. The monoisotopic (exact) mass is 497 g/mol. The van der Waals surface area contributed by atoms with Gasteiger partial charge in [-0.1, -0.05) is 36.4 Å². The van der Waals surface area contributed by atoms with E-state index in [1.807, 2.05) is 30.3 Å². The van der Waals surface area contributed by atoms with E-state index in [9.17, 15) is 19.1 Å². The highest BCUT2D eigenvalue weighted by atomic mass is 19.1. The third-order valence-electron chi connectivity index (χ3n) is 6.14. The molecule has 1 aliphatic heterocycles. The van der Waals surface area contributed by atoms with Gasteiger partial charge in [0.25, 0.3) is 5.56 Å². The summed E-state index contributed by atoms with van der Waals surface area (Å²) in [7, 11) is 0. The zero-order valence-corrected chi connectivity index (χ0v) is 20.8. The molecule has 1 aromatic heterocycles. The number of hydrogen-bond acceptors (Lipinski definition) is 6. The lowest BCUT2D eigenvalue weighted by Crippen LogP contribution is -2.45. The number of benzene rings is 2. The molecule has 1 amide bonds. The molecule has 0 saturated carbocycles. The summed E-state index contributed by atoms with van der Waals surface area (Å²) in [5.41, 5.74) is 0.0250.